The molecule has 0 aliphatic heterocycles. The summed E-state index contributed by atoms with van der Waals surface area (Å²) < 4.78 is 14.9. The number of benzene rings is 3. The number of halogens is 1. The Morgan fingerprint density at radius 2 is 1.08 bits per heavy atom. The molecule has 1 heteroatoms. The maximum Gasteiger partial charge on any atom is 0.131 e. The normalized spacial score (nSPS) is 10.9. The second kappa shape index (κ2) is 7.65. The van der Waals surface area contributed by atoms with Crippen molar-refractivity contribution in [3.05, 3.63) is 83.2 Å². The van der Waals surface area contributed by atoms with Crippen LogP contribution in [0.4, 0.5) is 4.39 Å². The van der Waals surface area contributed by atoms with Crippen molar-refractivity contribution in [2.45, 2.75) is 40.0 Å². The fraction of sp³-hybridized carbons (Fsp3) is 0.250. The van der Waals surface area contributed by atoms with Crippen LogP contribution in [0.1, 0.15) is 37.5 Å². The smallest absolute Gasteiger partial charge is 0.131 e. The van der Waals surface area contributed by atoms with E-state index in [-0.39, 0.29) is 5.82 Å². The molecule has 0 amide bonds. The number of hydrogen-bond acceptors (Lipinski definition) is 0. The van der Waals surface area contributed by atoms with Crippen molar-refractivity contribution < 1.29 is 4.39 Å². The summed E-state index contributed by atoms with van der Waals surface area (Å²) in [5.74, 6) is -0.156. The van der Waals surface area contributed by atoms with Gasteiger partial charge >= 0.3 is 0 Å². The lowest BCUT2D eigenvalue weighted by Crippen LogP contribution is -1.94. The number of rotatable bonds is 5. The van der Waals surface area contributed by atoms with Crippen LogP contribution in [-0.4, -0.2) is 0 Å². The molecular formula is C24H25F. The van der Waals surface area contributed by atoms with E-state index in [9.17, 15) is 4.39 Å². The molecule has 3 aromatic rings. The van der Waals surface area contributed by atoms with Gasteiger partial charge in [-0.15, -0.1) is 0 Å². The Morgan fingerprint density at radius 1 is 0.600 bits per heavy atom. The molecule has 3 rings (SSSR count). The van der Waals surface area contributed by atoms with Gasteiger partial charge in [-0.05, 0) is 64.8 Å². The van der Waals surface area contributed by atoms with Crippen molar-refractivity contribution in [1.29, 1.82) is 0 Å². The van der Waals surface area contributed by atoms with E-state index < -0.39 is 0 Å². The molecule has 0 spiro atoms. The highest BCUT2D eigenvalue weighted by molar-refractivity contribution is 5.74. The molecule has 0 N–H and O–H groups in total. The molecule has 0 saturated heterocycles. The van der Waals surface area contributed by atoms with E-state index in [4.69, 9.17) is 0 Å². The van der Waals surface area contributed by atoms with Gasteiger partial charge < -0.3 is 0 Å². The molecule has 0 radical (unpaired) electrons. The standard InChI is InChI=1S/C24H25F/c1-4-17-7-11-20(12-8-17)22-16-24(25)23(15-19(22)6-3)21-13-9-18(5-2)10-14-21/h7-16H,4-6H2,1-3H3. The molecule has 3 aromatic carbocycles. The first-order valence-corrected chi connectivity index (χ1v) is 9.17. The summed E-state index contributed by atoms with van der Waals surface area (Å²) in [5.41, 5.74) is 7.46. The highest BCUT2D eigenvalue weighted by Crippen LogP contribution is 2.32. The van der Waals surface area contributed by atoms with Crippen molar-refractivity contribution in [1.82, 2.24) is 0 Å². The van der Waals surface area contributed by atoms with Gasteiger partial charge in [0.25, 0.3) is 0 Å². The third-order valence-electron chi connectivity index (χ3n) is 4.92. The minimum absolute atomic E-state index is 0.156. The van der Waals surface area contributed by atoms with Crippen molar-refractivity contribution in [2.75, 3.05) is 0 Å². The van der Waals surface area contributed by atoms with Crippen molar-refractivity contribution >= 4 is 0 Å². The van der Waals surface area contributed by atoms with Crippen LogP contribution in [0.25, 0.3) is 22.3 Å². The van der Waals surface area contributed by atoms with Crippen molar-refractivity contribution in [3.63, 3.8) is 0 Å². The number of aryl methyl sites for hydroxylation is 3. The van der Waals surface area contributed by atoms with E-state index in [2.05, 4.69) is 57.2 Å². The van der Waals surface area contributed by atoms with E-state index in [1.807, 2.05) is 18.2 Å². The first-order valence-electron chi connectivity index (χ1n) is 9.17. The fourth-order valence-electron chi connectivity index (χ4n) is 3.24. The second-order valence-corrected chi connectivity index (χ2v) is 6.44. The quantitative estimate of drug-likeness (QED) is 0.479. The van der Waals surface area contributed by atoms with Crippen molar-refractivity contribution in [3.8, 4) is 22.3 Å². The van der Waals surface area contributed by atoms with Crippen LogP contribution in [0, 0.1) is 5.82 Å². The molecule has 0 fully saturated rings. The lowest BCUT2D eigenvalue weighted by Gasteiger charge is -2.13. The lowest BCUT2D eigenvalue weighted by molar-refractivity contribution is 0.631. The maximum absolute atomic E-state index is 14.9. The van der Waals surface area contributed by atoms with E-state index >= 15 is 0 Å². The van der Waals surface area contributed by atoms with Crippen molar-refractivity contribution in [2.24, 2.45) is 0 Å². The molecule has 0 aliphatic rings. The first kappa shape index (κ1) is 17.4. The Morgan fingerprint density at radius 3 is 1.52 bits per heavy atom. The molecule has 0 bridgehead atoms. The van der Waals surface area contributed by atoms with Crippen LogP contribution in [0.15, 0.2) is 60.7 Å². The Bertz CT molecular complexity index is 843. The highest BCUT2D eigenvalue weighted by atomic mass is 19.1. The average molecular weight is 332 g/mol. The van der Waals surface area contributed by atoms with Gasteiger partial charge in [0, 0.05) is 5.56 Å². The summed E-state index contributed by atoms with van der Waals surface area (Å²) in [6.45, 7) is 6.40. The van der Waals surface area contributed by atoms with Gasteiger partial charge in [-0.1, -0.05) is 69.3 Å². The van der Waals surface area contributed by atoms with Crippen LogP contribution < -0.4 is 0 Å². The average Bonchev–Trinajstić information content (AvgIpc) is 2.68. The van der Waals surface area contributed by atoms with Crippen LogP contribution in [0.3, 0.4) is 0 Å². The predicted octanol–water partition coefficient (Wildman–Crippen LogP) is 6.85. The van der Waals surface area contributed by atoms with Crippen LogP contribution in [0.5, 0.6) is 0 Å². The molecule has 0 nitrogen and oxygen atoms in total. The molecule has 0 heterocycles. The van der Waals surface area contributed by atoms with Gasteiger partial charge in [0.15, 0.2) is 0 Å². The predicted molar refractivity (Wildman–Crippen MR) is 105 cm³/mol. The van der Waals surface area contributed by atoms with E-state index in [0.717, 1.165) is 36.0 Å². The molecule has 0 aromatic heterocycles. The van der Waals surface area contributed by atoms with Crippen LogP contribution in [-0.2, 0) is 19.3 Å². The molecule has 0 saturated carbocycles. The largest absolute Gasteiger partial charge is 0.206 e. The van der Waals surface area contributed by atoms with Gasteiger partial charge in [0.2, 0.25) is 0 Å². The van der Waals surface area contributed by atoms with E-state index in [1.165, 1.54) is 16.7 Å². The van der Waals surface area contributed by atoms with Crippen LogP contribution >= 0.6 is 0 Å². The Kier molecular flexibility index (Phi) is 5.33. The zero-order valence-electron chi connectivity index (χ0n) is 15.3. The van der Waals surface area contributed by atoms with Gasteiger partial charge in [-0.2, -0.15) is 0 Å². The van der Waals surface area contributed by atoms with Gasteiger partial charge in [0.1, 0.15) is 5.82 Å². The first-order chi connectivity index (χ1) is 12.2. The summed E-state index contributed by atoms with van der Waals surface area (Å²) in [6, 6.07) is 20.4. The minimum atomic E-state index is -0.156. The van der Waals surface area contributed by atoms with E-state index in [1.54, 1.807) is 6.07 Å². The molecule has 0 unspecified atom stereocenters. The fourth-order valence-corrected chi connectivity index (χ4v) is 3.24. The second-order valence-electron chi connectivity index (χ2n) is 6.44. The summed E-state index contributed by atoms with van der Waals surface area (Å²) in [5, 5.41) is 0. The third-order valence-corrected chi connectivity index (χ3v) is 4.92. The molecule has 0 aliphatic carbocycles. The topological polar surface area (TPSA) is 0 Å². The van der Waals surface area contributed by atoms with Gasteiger partial charge in [-0.25, -0.2) is 4.39 Å². The minimum Gasteiger partial charge on any atom is -0.206 e. The summed E-state index contributed by atoms with van der Waals surface area (Å²) >= 11 is 0. The monoisotopic (exact) mass is 332 g/mol. The summed E-state index contributed by atoms with van der Waals surface area (Å²) in [6.07, 6.45) is 2.89. The SMILES string of the molecule is CCc1ccc(-c2cc(CC)c(-c3ccc(CC)cc3)cc2F)cc1. The zero-order chi connectivity index (χ0) is 17.8. The molecular weight excluding hydrogens is 307 g/mol. The highest BCUT2D eigenvalue weighted by Gasteiger charge is 2.12. The Balaban J connectivity index is 2.05. The third kappa shape index (κ3) is 3.66. The molecule has 0 atom stereocenters. The van der Waals surface area contributed by atoms with Gasteiger partial charge in [-0.3, -0.25) is 0 Å². The van der Waals surface area contributed by atoms with Gasteiger partial charge in [0.05, 0.1) is 0 Å². The van der Waals surface area contributed by atoms with E-state index in [0.29, 0.717) is 5.56 Å². The molecule has 128 valence electrons. The van der Waals surface area contributed by atoms with Crippen LogP contribution in [0.2, 0.25) is 0 Å². The lowest BCUT2D eigenvalue weighted by atomic mass is 9.92. The number of hydrogen-bond donors (Lipinski definition) is 0. The summed E-state index contributed by atoms with van der Waals surface area (Å²) in [7, 11) is 0. The zero-order valence-corrected chi connectivity index (χ0v) is 15.3. The molecule has 25 heavy (non-hydrogen) atoms. The Labute approximate surface area is 150 Å². The maximum atomic E-state index is 14.9. The Hall–Kier alpha value is -2.41. The summed E-state index contributed by atoms with van der Waals surface area (Å²) in [4.78, 5) is 0.